The van der Waals surface area contributed by atoms with Crippen LogP contribution in [0.15, 0.2) is 41.4 Å². The van der Waals surface area contributed by atoms with Crippen LogP contribution in [0.3, 0.4) is 0 Å². The van der Waals surface area contributed by atoms with Gasteiger partial charge in [-0.3, -0.25) is 0 Å². The molecule has 0 amide bonds. The Morgan fingerprint density at radius 2 is 2.00 bits per heavy atom. The van der Waals surface area contributed by atoms with Crippen LogP contribution >= 0.6 is 0 Å². The van der Waals surface area contributed by atoms with Gasteiger partial charge in [-0.25, -0.2) is 18.4 Å². The van der Waals surface area contributed by atoms with E-state index in [2.05, 4.69) is 16.9 Å². The topological polar surface area (TPSA) is 59.9 Å². The number of sulfone groups is 1. The molecule has 4 nitrogen and oxygen atoms in total. The SMILES string of the molecule is CCCc1ccnc(-c2cccc(S(C)(=O)=O)c2)n1. The van der Waals surface area contributed by atoms with E-state index in [1.54, 1.807) is 24.4 Å². The lowest BCUT2D eigenvalue weighted by atomic mass is 10.2. The van der Waals surface area contributed by atoms with Crippen molar-refractivity contribution in [2.45, 2.75) is 24.7 Å². The minimum atomic E-state index is -3.21. The first kappa shape index (κ1) is 13.7. The van der Waals surface area contributed by atoms with Gasteiger partial charge in [0.2, 0.25) is 0 Å². The summed E-state index contributed by atoms with van der Waals surface area (Å²) in [5, 5.41) is 0. The Bertz CT molecular complexity index is 681. The van der Waals surface area contributed by atoms with Gasteiger partial charge >= 0.3 is 0 Å². The van der Waals surface area contributed by atoms with Gasteiger partial charge in [0.15, 0.2) is 15.7 Å². The van der Waals surface area contributed by atoms with E-state index in [0.29, 0.717) is 5.82 Å². The number of aromatic nitrogens is 2. The molecule has 0 atom stereocenters. The number of hydrogen-bond acceptors (Lipinski definition) is 4. The molecular weight excluding hydrogens is 260 g/mol. The molecule has 0 saturated carbocycles. The molecule has 0 aliphatic rings. The maximum atomic E-state index is 11.5. The van der Waals surface area contributed by atoms with Gasteiger partial charge in [0.05, 0.1) is 4.90 Å². The van der Waals surface area contributed by atoms with Crippen LogP contribution in [-0.2, 0) is 16.3 Å². The molecule has 19 heavy (non-hydrogen) atoms. The standard InChI is InChI=1S/C14H16N2O2S/c1-3-5-12-8-9-15-14(16-12)11-6-4-7-13(10-11)19(2,17)18/h4,6-10H,3,5H2,1-2H3. The van der Waals surface area contributed by atoms with Gasteiger partial charge in [-0.15, -0.1) is 0 Å². The van der Waals surface area contributed by atoms with Crippen molar-refractivity contribution >= 4 is 9.84 Å². The predicted octanol–water partition coefficient (Wildman–Crippen LogP) is 2.50. The van der Waals surface area contributed by atoms with Crippen LogP contribution in [0.1, 0.15) is 19.0 Å². The van der Waals surface area contributed by atoms with E-state index < -0.39 is 9.84 Å². The molecule has 0 aliphatic carbocycles. The lowest BCUT2D eigenvalue weighted by Gasteiger charge is -2.04. The lowest BCUT2D eigenvalue weighted by molar-refractivity contribution is 0.602. The second-order valence-corrected chi connectivity index (χ2v) is 6.44. The molecule has 0 N–H and O–H groups in total. The largest absolute Gasteiger partial charge is 0.237 e. The molecule has 0 unspecified atom stereocenters. The average Bonchev–Trinajstić information content (AvgIpc) is 2.39. The summed E-state index contributed by atoms with van der Waals surface area (Å²) in [6.07, 6.45) is 4.81. The summed E-state index contributed by atoms with van der Waals surface area (Å²) >= 11 is 0. The van der Waals surface area contributed by atoms with Crippen LogP contribution in [0.5, 0.6) is 0 Å². The van der Waals surface area contributed by atoms with Crippen LogP contribution in [0.25, 0.3) is 11.4 Å². The molecule has 0 bridgehead atoms. The highest BCUT2D eigenvalue weighted by Gasteiger charge is 2.09. The first-order valence-electron chi connectivity index (χ1n) is 6.13. The minimum absolute atomic E-state index is 0.287. The van der Waals surface area contributed by atoms with Gasteiger partial charge in [-0.1, -0.05) is 25.5 Å². The second-order valence-electron chi connectivity index (χ2n) is 4.42. The van der Waals surface area contributed by atoms with Crippen molar-refractivity contribution in [3.05, 3.63) is 42.2 Å². The Morgan fingerprint density at radius 1 is 1.21 bits per heavy atom. The van der Waals surface area contributed by atoms with E-state index in [1.165, 1.54) is 6.26 Å². The Balaban J connectivity index is 2.44. The molecule has 0 radical (unpaired) electrons. The third-order valence-electron chi connectivity index (χ3n) is 2.74. The highest BCUT2D eigenvalue weighted by Crippen LogP contribution is 2.19. The minimum Gasteiger partial charge on any atom is -0.237 e. The van der Waals surface area contributed by atoms with Crippen molar-refractivity contribution in [3.63, 3.8) is 0 Å². The Labute approximate surface area is 113 Å². The molecule has 0 spiro atoms. The highest BCUT2D eigenvalue weighted by atomic mass is 32.2. The van der Waals surface area contributed by atoms with Crippen molar-refractivity contribution in [1.82, 2.24) is 9.97 Å². The maximum Gasteiger partial charge on any atom is 0.175 e. The summed E-state index contributed by atoms with van der Waals surface area (Å²) in [6.45, 7) is 2.09. The molecule has 0 aliphatic heterocycles. The van der Waals surface area contributed by atoms with E-state index >= 15 is 0 Å². The van der Waals surface area contributed by atoms with Crippen molar-refractivity contribution in [1.29, 1.82) is 0 Å². The fraction of sp³-hybridized carbons (Fsp3) is 0.286. The van der Waals surface area contributed by atoms with Gasteiger partial charge in [0.25, 0.3) is 0 Å². The molecule has 2 rings (SSSR count). The summed E-state index contributed by atoms with van der Waals surface area (Å²) < 4.78 is 23.1. The molecular formula is C14H16N2O2S. The highest BCUT2D eigenvalue weighted by molar-refractivity contribution is 7.90. The zero-order valence-corrected chi connectivity index (χ0v) is 11.8. The van der Waals surface area contributed by atoms with Crippen LogP contribution in [0.2, 0.25) is 0 Å². The van der Waals surface area contributed by atoms with Gasteiger partial charge < -0.3 is 0 Å². The number of rotatable bonds is 4. The van der Waals surface area contributed by atoms with Gasteiger partial charge in [0, 0.05) is 23.7 Å². The molecule has 1 aromatic heterocycles. The predicted molar refractivity (Wildman–Crippen MR) is 74.6 cm³/mol. The molecule has 2 aromatic rings. The van der Waals surface area contributed by atoms with E-state index in [4.69, 9.17) is 0 Å². The fourth-order valence-corrected chi connectivity index (χ4v) is 2.46. The van der Waals surface area contributed by atoms with Gasteiger partial charge in [0.1, 0.15) is 0 Å². The molecule has 1 aromatic carbocycles. The van der Waals surface area contributed by atoms with Crippen molar-refractivity contribution in [3.8, 4) is 11.4 Å². The lowest BCUT2D eigenvalue weighted by Crippen LogP contribution is -1.99. The van der Waals surface area contributed by atoms with Crippen LogP contribution in [0.4, 0.5) is 0 Å². The van der Waals surface area contributed by atoms with Crippen molar-refractivity contribution in [2.75, 3.05) is 6.26 Å². The summed E-state index contributed by atoms with van der Waals surface area (Å²) in [4.78, 5) is 8.95. The number of hydrogen-bond donors (Lipinski definition) is 0. The van der Waals surface area contributed by atoms with Crippen LogP contribution in [-0.4, -0.2) is 24.6 Å². The summed E-state index contributed by atoms with van der Waals surface area (Å²) in [6, 6.07) is 8.60. The first-order valence-corrected chi connectivity index (χ1v) is 8.02. The van der Waals surface area contributed by atoms with E-state index in [1.807, 2.05) is 12.1 Å². The van der Waals surface area contributed by atoms with Crippen LogP contribution in [0, 0.1) is 0 Å². The monoisotopic (exact) mass is 276 g/mol. The quantitative estimate of drug-likeness (QED) is 0.861. The molecule has 5 heteroatoms. The Kier molecular flexibility index (Phi) is 3.95. The smallest absolute Gasteiger partial charge is 0.175 e. The molecule has 100 valence electrons. The zero-order valence-electron chi connectivity index (χ0n) is 11.0. The van der Waals surface area contributed by atoms with Crippen LogP contribution < -0.4 is 0 Å². The Hall–Kier alpha value is -1.75. The number of aryl methyl sites for hydroxylation is 1. The normalized spacial score (nSPS) is 11.5. The fourth-order valence-electron chi connectivity index (χ4n) is 1.80. The Morgan fingerprint density at radius 3 is 2.68 bits per heavy atom. The van der Waals surface area contributed by atoms with Gasteiger partial charge in [-0.2, -0.15) is 0 Å². The van der Waals surface area contributed by atoms with Crippen molar-refractivity contribution < 1.29 is 8.42 Å². The van der Waals surface area contributed by atoms with Gasteiger partial charge in [-0.05, 0) is 24.6 Å². The summed E-state index contributed by atoms with van der Waals surface area (Å²) in [7, 11) is -3.21. The zero-order chi connectivity index (χ0) is 13.9. The summed E-state index contributed by atoms with van der Waals surface area (Å²) in [5.74, 6) is 0.566. The van der Waals surface area contributed by atoms with Crippen molar-refractivity contribution in [2.24, 2.45) is 0 Å². The molecule has 0 saturated heterocycles. The first-order chi connectivity index (χ1) is 9.00. The third kappa shape index (κ3) is 3.38. The van der Waals surface area contributed by atoms with E-state index in [9.17, 15) is 8.42 Å². The molecule has 1 heterocycles. The van der Waals surface area contributed by atoms with E-state index in [0.717, 1.165) is 24.1 Å². The van der Waals surface area contributed by atoms with E-state index in [-0.39, 0.29) is 4.90 Å². The average molecular weight is 276 g/mol. The number of nitrogens with zero attached hydrogens (tertiary/aromatic N) is 2. The number of benzene rings is 1. The second kappa shape index (κ2) is 5.48. The maximum absolute atomic E-state index is 11.5. The molecule has 0 fully saturated rings. The third-order valence-corrected chi connectivity index (χ3v) is 3.85. The summed E-state index contributed by atoms with van der Waals surface area (Å²) in [5.41, 5.74) is 1.69.